The highest BCUT2D eigenvalue weighted by atomic mass is 35.5. The highest BCUT2D eigenvalue weighted by Gasteiger charge is 2.54. The molecule has 5 heteroatoms. The molecule has 0 radical (unpaired) electrons. The smallest absolute Gasteiger partial charge is 0.256 e. The van der Waals surface area contributed by atoms with Crippen LogP contribution in [0.25, 0.3) is 10.9 Å². The van der Waals surface area contributed by atoms with E-state index in [2.05, 4.69) is 41.5 Å². The first-order valence-corrected chi connectivity index (χ1v) is 14.9. The van der Waals surface area contributed by atoms with Gasteiger partial charge in [-0.2, -0.15) is 0 Å². The van der Waals surface area contributed by atoms with Crippen molar-refractivity contribution in [2.75, 3.05) is 5.32 Å². The fourth-order valence-corrected chi connectivity index (χ4v) is 8.26. The zero-order valence-corrected chi connectivity index (χ0v) is 23.5. The summed E-state index contributed by atoms with van der Waals surface area (Å²) in [5.41, 5.74) is 6.84. The molecule has 3 aliphatic rings. The second-order valence-corrected chi connectivity index (χ2v) is 12.6. The summed E-state index contributed by atoms with van der Waals surface area (Å²) in [5.74, 6) is 1.85. The average Bonchev–Trinajstić information content (AvgIpc) is 3.28. The fourth-order valence-electron chi connectivity index (χ4n) is 8.04. The highest BCUT2D eigenvalue weighted by Crippen LogP contribution is 2.59. The van der Waals surface area contributed by atoms with E-state index in [0.717, 1.165) is 55.0 Å². The van der Waals surface area contributed by atoms with E-state index in [-0.39, 0.29) is 11.3 Å². The molecular weight excluding hydrogens is 516 g/mol. The molecule has 0 spiro atoms. The third kappa shape index (κ3) is 4.16. The van der Waals surface area contributed by atoms with Gasteiger partial charge in [0.2, 0.25) is 0 Å². The maximum atomic E-state index is 13.9. The summed E-state index contributed by atoms with van der Waals surface area (Å²) >= 11 is 6.41. The Labute approximate surface area is 240 Å². The van der Waals surface area contributed by atoms with Crippen molar-refractivity contribution < 1.29 is 9.59 Å². The molecule has 40 heavy (non-hydrogen) atoms. The molecule has 0 aliphatic heterocycles. The predicted octanol–water partition coefficient (Wildman–Crippen LogP) is 8.16. The number of nitrogens with zero attached hydrogens (tertiary/aromatic N) is 1. The number of anilines is 1. The quantitative estimate of drug-likeness (QED) is 0.280. The fraction of sp³-hybridized carbons (Fsp3) is 0.343. The van der Waals surface area contributed by atoms with Crippen molar-refractivity contribution in [1.29, 1.82) is 0 Å². The summed E-state index contributed by atoms with van der Waals surface area (Å²) in [5, 5.41) is 4.59. The number of Topliss-reactive ketones (excluding diaryl/α,β-unsaturated/α-hetero) is 1. The number of nitrogens with one attached hydrogen (secondary N) is 1. The normalized spacial score (nSPS) is 25.2. The zero-order valence-electron chi connectivity index (χ0n) is 22.8. The van der Waals surface area contributed by atoms with E-state index in [1.165, 1.54) is 16.7 Å². The SMILES string of the molecule is C[C@]12CC[C@@H]3c4cc(Cc5ccccc5)c(C(=O)Nc5ccc(Cl)c6cccnc56)cc4CC[C@H]3[C@@H]1CCC2=O. The molecule has 0 bridgehead atoms. The molecule has 4 nitrogen and oxygen atoms in total. The number of halogens is 1. The maximum absolute atomic E-state index is 13.9. The lowest BCUT2D eigenvalue weighted by Gasteiger charge is -2.48. The van der Waals surface area contributed by atoms with Crippen molar-refractivity contribution in [3.05, 3.63) is 106 Å². The molecule has 2 fully saturated rings. The Kier molecular flexibility index (Phi) is 6.27. The van der Waals surface area contributed by atoms with Crippen LogP contribution in [0.3, 0.4) is 0 Å². The second-order valence-electron chi connectivity index (χ2n) is 12.2. The van der Waals surface area contributed by atoms with Crippen molar-refractivity contribution in [2.24, 2.45) is 17.3 Å². The van der Waals surface area contributed by atoms with Crippen LogP contribution in [0.2, 0.25) is 5.02 Å². The highest BCUT2D eigenvalue weighted by molar-refractivity contribution is 6.36. The lowest BCUT2D eigenvalue weighted by atomic mass is 9.55. The molecular formula is C35H33ClN2O2. The van der Waals surface area contributed by atoms with Gasteiger partial charge in [0.25, 0.3) is 5.91 Å². The van der Waals surface area contributed by atoms with E-state index in [1.807, 2.05) is 42.5 Å². The molecule has 1 heterocycles. The molecule has 3 aliphatic carbocycles. The molecule has 0 unspecified atom stereocenters. The summed E-state index contributed by atoms with van der Waals surface area (Å²) < 4.78 is 0. The van der Waals surface area contributed by atoms with Crippen LogP contribution >= 0.6 is 11.6 Å². The first-order chi connectivity index (χ1) is 19.4. The number of carbonyl (C=O) groups is 2. The first-order valence-electron chi connectivity index (χ1n) is 14.5. The van der Waals surface area contributed by atoms with Gasteiger partial charge < -0.3 is 5.32 Å². The zero-order chi connectivity index (χ0) is 27.4. The number of aryl methyl sites for hydroxylation is 1. The van der Waals surface area contributed by atoms with Gasteiger partial charge >= 0.3 is 0 Å². The lowest BCUT2D eigenvalue weighted by Crippen LogP contribution is -2.42. The lowest BCUT2D eigenvalue weighted by molar-refractivity contribution is -0.129. The molecule has 7 rings (SSSR count). The number of rotatable bonds is 4. The molecule has 202 valence electrons. The number of hydrogen-bond donors (Lipinski definition) is 1. The van der Waals surface area contributed by atoms with Crippen LogP contribution < -0.4 is 5.32 Å². The Morgan fingerprint density at radius 1 is 1.02 bits per heavy atom. The number of ketones is 1. The minimum absolute atomic E-state index is 0.122. The largest absolute Gasteiger partial charge is 0.320 e. The van der Waals surface area contributed by atoms with Crippen LogP contribution in [0.15, 0.2) is 72.9 Å². The van der Waals surface area contributed by atoms with Gasteiger partial charge in [0.05, 0.1) is 16.2 Å². The molecule has 1 amide bonds. The van der Waals surface area contributed by atoms with Gasteiger partial charge in [0.15, 0.2) is 0 Å². The third-order valence-electron chi connectivity index (χ3n) is 10.1. The van der Waals surface area contributed by atoms with E-state index in [0.29, 0.717) is 46.2 Å². The van der Waals surface area contributed by atoms with E-state index in [9.17, 15) is 9.59 Å². The monoisotopic (exact) mass is 548 g/mol. The van der Waals surface area contributed by atoms with Gasteiger partial charge in [-0.25, -0.2) is 0 Å². The van der Waals surface area contributed by atoms with Crippen molar-refractivity contribution in [1.82, 2.24) is 4.98 Å². The second kappa shape index (κ2) is 9.85. The minimum atomic E-state index is -0.138. The van der Waals surface area contributed by atoms with Crippen LogP contribution in [0, 0.1) is 17.3 Å². The Morgan fingerprint density at radius 3 is 2.73 bits per heavy atom. The van der Waals surface area contributed by atoms with Gasteiger partial charge in [-0.3, -0.25) is 14.6 Å². The standard InChI is InChI=1S/C35H33ClN2O2/c1-35-16-15-24-25(29(35)11-14-32(35)39)10-9-22-19-28(23(20-27(22)24)18-21-6-3-2-4-7-21)34(40)38-31-13-12-30(36)26-8-5-17-37-33(26)31/h2-8,12-13,17,19-20,24-25,29H,9-11,14-16,18H2,1H3,(H,38,40)/t24-,25+,29-,35-/m0/s1. The van der Waals surface area contributed by atoms with Gasteiger partial charge in [0, 0.05) is 29.0 Å². The molecule has 1 N–H and O–H groups in total. The number of fused-ring (bicyclic) bond motifs is 6. The average molecular weight is 549 g/mol. The number of pyridine rings is 1. The maximum Gasteiger partial charge on any atom is 0.256 e. The molecule has 3 aromatic carbocycles. The van der Waals surface area contributed by atoms with Crippen molar-refractivity contribution in [3.8, 4) is 0 Å². The summed E-state index contributed by atoms with van der Waals surface area (Å²) in [7, 11) is 0. The Bertz CT molecular complexity index is 1650. The van der Waals surface area contributed by atoms with E-state index >= 15 is 0 Å². The number of benzene rings is 3. The number of hydrogen-bond acceptors (Lipinski definition) is 3. The van der Waals surface area contributed by atoms with Crippen LogP contribution in [0.5, 0.6) is 0 Å². The van der Waals surface area contributed by atoms with Gasteiger partial charge in [0.1, 0.15) is 5.78 Å². The summed E-state index contributed by atoms with van der Waals surface area (Å²) in [4.78, 5) is 31.3. The van der Waals surface area contributed by atoms with Crippen molar-refractivity contribution >= 4 is 39.9 Å². The third-order valence-corrected chi connectivity index (χ3v) is 10.4. The Balaban J connectivity index is 1.28. The number of carbonyl (C=O) groups excluding carboxylic acids is 2. The Hall–Kier alpha value is -3.50. The summed E-state index contributed by atoms with van der Waals surface area (Å²) in [6, 6.07) is 22.3. The predicted molar refractivity (Wildman–Crippen MR) is 160 cm³/mol. The van der Waals surface area contributed by atoms with E-state index in [4.69, 9.17) is 11.6 Å². The van der Waals surface area contributed by atoms with Crippen LogP contribution in [0.4, 0.5) is 5.69 Å². The first kappa shape index (κ1) is 25.5. The number of amides is 1. The minimum Gasteiger partial charge on any atom is -0.320 e. The molecule has 1 aromatic heterocycles. The number of aromatic nitrogens is 1. The van der Waals surface area contributed by atoms with Crippen LogP contribution in [-0.2, 0) is 17.6 Å². The molecule has 2 saturated carbocycles. The summed E-state index contributed by atoms with van der Waals surface area (Å²) in [6.07, 6.45) is 8.25. The van der Waals surface area contributed by atoms with Gasteiger partial charge in [-0.1, -0.05) is 54.9 Å². The Morgan fingerprint density at radius 2 is 1.88 bits per heavy atom. The topological polar surface area (TPSA) is 59.1 Å². The van der Waals surface area contributed by atoms with Crippen molar-refractivity contribution in [3.63, 3.8) is 0 Å². The van der Waals surface area contributed by atoms with E-state index in [1.54, 1.807) is 6.20 Å². The molecule has 4 aromatic rings. The van der Waals surface area contributed by atoms with Crippen molar-refractivity contribution in [2.45, 2.75) is 57.8 Å². The summed E-state index contributed by atoms with van der Waals surface area (Å²) in [6.45, 7) is 2.22. The van der Waals surface area contributed by atoms with Gasteiger partial charge in [-0.05, 0) is 109 Å². The van der Waals surface area contributed by atoms with Gasteiger partial charge in [-0.15, -0.1) is 0 Å². The van der Waals surface area contributed by atoms with Crippen LogP contribution in [-0.4, -0.2) is 16.7 Å². The molecule has 4 atom stereocenters. The van der Waals surface area contributed by atoms with E-state index < -0.39 is 0 Å². The van der Waals surface area contributed by atoms with Crippen LogP contribution in [0.1, 0.15) is 77.6 Å². The molecule has 0 saturated heterocycles.